The third kappa shape index (κ3) is 3.58. The lowest BCUT2D eigenvalue weighted by Crippen LogP contribution is -2.38. The molecule has 0 aromatic carbocycles. The number of sulfonamides is 1. The normalized spacial score (nSPS) is 18.5. The summed E-state index contributed by atoms with van der Waals surface area (Å²) in [5.41, 5.74) is 0.869. The lowest BCUT2D eigenvalue weighted by atomic mass is 10.1. The molecule has 1 fully saturated rings. The average Bonchev–Trinajstić information content (AvgIpc) is 3.07. The van der Waals surface area contributed by atoms with Crippen molar-refractivity contribution in [2.24, 2.45) is 0 Å². The monoisotopic (exact) mass is 317 g/mol. The van der Waals surface area contributed by atoms with Crippen LogP contribution in [-0.4, -0.2) is 38.0 Å². The van der Waals surface area contributed by atoms with Gasteiger partial charge < -0.3 is 10.3 Å². The standard InChI is InChI=1S/C13H23N3O2S2/c1-14-8-11-7-12(9-15-11)20(17,18)16-10-13(19-2)5-3-4-6-13/h7,9,14-16H,3-6,8,10H2,1-2H3. The highest BCUT2D eigenvalue weighted by molar-refractivity contribution is 8.00. The van der Waals surface area contributed by atoms with Gasteiger partial charge in [-0.25, -0.2) is 13.1 Å². The predicted molar refractivity (Wildman–Crippen MR) is 83.5 cm³/mol. The van der Waals surface area contributed by atoms with Gasteiger partial charge in [0.15, 0.2) is 0 Å². The van der Waals surface area contributed by atoms with Gasteiger partial charge in [-0.2, -0.15) is 11.8 Å². The van der Waals surface area contributed by atoms with Crippen molar-refractivity contribution in [1.82, 2.24) is 15.0 Å². The molecule has 1 aliphatic rings. The summed E-state index contributed by atoms with van der Waals surface area (Å²) in [6.45, 7) is 1.15. The van der Waals surface area contributed by atoms with E-state index in [1.165, 1.54) is 12.8 Å². The van der Waals surface area contributed by atoms with Crippen LogP contribution in [-0.2, 0) is 16.6 Å². The van der Waals surface area contributed by atoms with E-state index in [-0.39, 0.29) is 4.75 Å². The molecule has 1 heterocycles. The first kappa shape index (κ1) is 15.9. The van der Waals surface area contributed by atoms with E-state index in [0.29, 0.717) is 18.0 Å². The van der Waals surface area contributed by atoms with E-state index in [0.717, 1.165) is 18.5 Å². The average molecular weight is 317 g/mol. The topological polar surface area (TPSA) is 74.0 Å². The van der Waals surface area contributed by atoms with Gasteiger partial charge in [-0.05, 0) is 32.2 Å². The lowest BCUT2D eigenvalue weighted by molar-refractivity contribution is 0.551. The van der Waals surface area contributed by atoms with Gasteiger partial charge in [-0.15, -0.1) is 0 Å². The number of H-pyrrole nitrogens is 1. The van der Waals surface area contributed by atoms with Crippen LogP contribution < -0.4 is 10.0 Å². The summed E-state index contributed by atoms with van der Waals surface area (Å²) in [4.78, 5) is 3.29. The molecular weight excluding hydrogens is 294 g/mol. The zero-order chi connectivity index (χ0) is 14.6. The second-order valence-electron chi connectivity index (χ2n) is 5.31. The number of aromatic nitrogens is 1. The van der Waals surface area contributed by atoms with E-state index >= 15 is 0 Å². The first-order valence-corrected chi connectivity index (χ1v) is 9.59. The molecule has 1 aliphatic carbocycles. The Bertz CT molecular complexity index is 534. The highest BCUT2D eigenvalue weighted by Gasteiger charge is 2.34. The Morgan fingerprint density at radius 2 is 2.10 bits per heavy atom. The zero-order valence-electron chi connectivity index (χ0n) is 12.0. The maximum Gasteiger partial charge on any atom is 0.242 e. The molecule has 0 unspecified atom stereocenters. The summed E-state index contributed by atoms with van der Waals surface area (Å²) in [5, 5.41) is 2.99. The van der Waals surface area contributed by atoms with Crippen LogP contribution in [0.25, 0.3) is 0 Å². The van der Waals surface area contributed by atoms with Crippen LogP contribution in [0.4, 0.5) is 0 Å². The van der Waals surface area contributed by atoms with E-state index in [1.807, 2.05) is 7.05 Å². The van der Waals surface area contributed by atoms with Gasteiger partial charge >= 0.3 is 0 Å². The number of hydrogen-bond donors (Lipinski definition) is 3. The number of aromatic amines is 1. The van der Waals surface area contributed by atoms with Gasteiger partial charge in [0, 0.05) is 29.7 Å². The van der Waals surface area contributed by atoms with E-state index < -0.39 is 10.0 Å². The molecule has 0 saturated heterocycles. The van der Waals surface area contributed by atoms with Gasteiger partial charge in [0.1, 0.15) is 0 Å². The number of hydrogen-bond acceptors (Lipinski definition) is 4. The molecular formula is C13H23N3O2S2. The molecule has 1 aromatic rings. The molecule has 20 heavy (non-hydrogen) atoms. The Kier molecular flexibility index (Phi) is 5.17. The van der Waals surface area contributed by atoms with E-state index in [4.69, 9.17) is 0 Å². The van der Waals surface area contributed by atoms with Crippen molar-refractivity contribution < 1.29 is 8.42 Å². The van der Waals surface area contributed by atoms with Crippen LogP contribution in [0.1, 0.15) is 31.4 Å². The molecule has 5 nitrogen and oxygen atoms in total. The molecule has 2 rings (SSSR count). The second kappa shape index (κ2) is 6.51. The van der Waals surface area contributed by atoms with Crippen LogP contribution in [0.3, 0.4) is 0 Å². The van der Waals surface area contributed by atoms with Crippen molar-refractivity contribution in [3.05, 3.63) is 18.0 Å². The largest absolute Gasteiger partial charge is 0.363 e. The van der Waals surface area contributed by atoms with Gasteiger partial charge in [0.2, 0.25) is 10.0 Å². The van der Waals surface area contributed by atoms with E-state index in [1.54, 1.807) is 24.0 Å². The Balaban J connectivity index is 2.03. The molecule has 0 bridgehead atoms. The molecule has 114 valence electrons. The summed E-state index contributed by atoms with van der Waals surface area (Å²) in [6, 6.07) is 1.68. The molecule has 0 amide bonds. The molecule has 7 heteroatoms. The van der Waals surface area contributed by atoms with Crippen LogP contribution in [0, 0.1) is 0 Å². The SMILES string of the molecule is CNCc1cc(S(=O)(=O)NCC2(SC)CCCC2)c[nH]1. The van der Waals surface area contributed by atoms with Crippen molar-refractivity contribution in [3.63, 3.8) is 0 Å². The van der Waals surface area contributed by atoms with Crippen LogP contribution in [0.2, 0.25) is 0 Å². The van der Waals surface area contributed by atoms with Crippen molar-refractivity contribution >= 4 is 21.8 Å². The van der Waals surface area contributed by atoms with Gasteiger partial charge in [-0.3, -0.25) is 0 Å². The molecule has 1 saturated carbocycles. The Morgan fingerprint density at radius 1 is 1.40 bits per heavy atom. The molecule has 0 atom stereocenters. The van der Waals surface area contributed by atoms with Crippen LogP contribution >= 0.6 is 11.8 Å². The minimum atomic E-state index is -3.42. The summed E-state index contributed by atoms with van der Waals surface area (Å²) in [6.07, 6.45) is 8.19. The summed E-state index contributed by atoms with van der Waals surface area (Å²) < 4.78 is 27.5. The van der Waals surface area contributed by atoms with Crippen molar-refractivity contribution in [2.75, 3.05) is 19.8 Å². The first-order valence-electron chi connectivity index (χ1n) is 6.88. The molecule has 3 N–H and O–H groups in total. The fourth-order valence-corrected chi connectivity index (χ4v) is 4.80. The minimum Gasteiger partial charge on any atom is -0.363 e. The predicted octanol–water partition coefficient (Wildman–Crippen LogP) is 1.69. The molecule has 0 radical (unpaired) electrons. The number of thioether (sulfide) groups is 1. The maximum atomic E-state index is 12.3. The van der Waals surface area contributed by atoms with Gasteiger partial charge in [0.05, 0.1) is 4.90 Å². The first-order chi connectivity index (χ1) is 9.51. The summed E-state index contributed by atoms with van der Waals surface area (Å²) in [5.74, 6) is 0. The smallest absolute Gasteiger partial charge is 0.242 e. The quantitative estimate of drug-likeness (QED) is 0.715. The zero-order valence-corrected chi connectivity index (χ0v) is 13.7. The Labute approximate surface area is 125 Å². The minimum absolute atomic E-state index is 0.0805. The highest BCUT2D eigenvalue weighted by atomic mass is 32.2. The van der Waals surface area contributed by atoms with Crippen LogP contribution in [0.15, 0.2) is 17.2 Å². The Hall–Kier alpha value is -0.500. The van der Waals surface area contributed by atoms with Gasteiger partial charge in [0.25, 0.3) is 0 Å². The maximum absolute atomic E-state index is 12.3. The van der Waals surface area contributed by atoms with Crippen molar-refractivity contribution in [2.45, 2.75) is 41.9 Å². The third-order valence-electron chi connectivity index (χ3n) is 3.93. The van der Waals surface area contributed by atoms with Crippen LogP contribution in [0.5, 0.6) is 0 Å². The summed E-state index contributed by atoms with van der Waals surface area (Å²) >= 11 is 1.78. The highest BCUT2D eigenvalue weighted by Crippen LogP contribution is 2.39. The Morgan fingerprint density at radius 3 is 2.70 bits per heavy atom. The molecule has 0 aliphatic heterocycles. The molecule has 1 aromatic heterocycles. The fraction of sp³-hybridized carbons (Fsp3) is 0.692. The number of nitrogens with one attached hydrogen (secondary N) is 3. The van der Waals surface area contributed by atoms with E-state index in [9.17, 15) is 8.42 Å². The lowest BCUT2D eigenvalue weighted by Gasteiger charge is -2.26. The van der Waals surface area contributed by atoms with Crippen molar-refractivity contribution in [3.8, 4) is 0 Å². The third-order valence-corrected chi connectivity index (χ3v) is 6.73. The van der Waals surface area contributed by atoms with Crippen molar-refractivity contribution in [1.29, 1.82) is 0 Å². The molecule has 0 spiro atoms. The summed E-state index contributed by atoms with van der Waals surface area (Å²) in [7, 11) is -1.59. The van der Waals surface area contributed by atoms with Gasteiger partial charge in [-0.1, -0.05) is 12.8 Å². The van der Waals surface area contributed by atoms with E-state index in [2.05, 4.69) is 21.3 Å². The second-order valence-corrected chi connectivity index (χ2v) is 8.35. The fourth-order valence-electron chi connectivity index (χ4n) is 2.65. The number of rotatable bonds is 7.